The third kappa shape index (κ3) is 9.20. The van der Waals surface area contributed by atoms with Gasteiger partial charge in [0.1, 0.15) is 22.5 Å². The maximum absolute atomic E-state index is 13.5. The first kappa shape index (κ1) is 30.3. The summed E-state index contributed by atoms with van der Waals surface area (Å²) in [5.41, 5.74) is 2.88. The fraction of sp³-hybridized carbons (Fsp3) is 0.387. The van der Waals surface area contributed by atoms with Crippen LogP contribution in [0.3, 0.4) is 0 Å². The highest BCUT2D eigenvalue weighted by atomic mass is 32.2. The first-order chi connectivity index (χ1) is 18.7. The molecule has 39 heavy (non-hydrogen) atoms. The minimum atomic E-state index is -1.50. The molecule has 210 valence electrons. The second kappa shape index (κ2) is 14.8. The van der Waals surface area contributed by atoms with Crippen LogP contribution in [0.25, 0.3) is 0 Å². The van der Waals surface area contributed by atoms with Crippen molar-refractivity contribution in [2.24, 2.45) is 5.92 Å². The van der Waals surface area contributed by atoms with Crippen molar-refractivity contribution in [2.75, 3.05) is 26.8 Å². The number of ether oxygens (including phenoxy) is 2. The number of carbonyl (C=O) groups is 1. The summed E-state index contributed by atoms with van der Waals surface area (Å²) in [6, 6.07) is 22.0. The van der Waals surface area contributed by atoms with Crippen LogP contribution >= 0.6 is 0 Å². The second-order valence-corrected chi connectivity index (χ2v) is 11.6. The van der Waals surface area contributed by atoms with Gasteiger partial charge in [-0.15, -0.1) is 0 Å². The SMILES string of the molecule is COc1ccc(S(=O)N(CC(C)C)C[C@@H](O)[C@H](Cc2ccccc2)NC(=O)COc2c(C)cccc2C)cc1. The van der Waals surface area contributed by atoms with Crippen molar-refractivity contribution in [2.45, 2.75) is 51.2 Å². The van der Waals surface area contributed by atoms with Crippen molar-refractivity contribution in [1.29, 1.82) is 0 Å². The summed E-state index contributed by atoms with van der Waals surface area (Å²) in [5.74, 6) is 1.25. The maximum atomic E-state index is 13.5. The molecule has 7 nitrogen and oxygen atoms in total. The first-order valence-electron chi connectivity index (χ1n) is 13.2. The monoisotopic (exact) mass is 552 g/mol. The van der Waals surface area contributed by atoms with E-state index in [1.54, 1.807) is 35.7 Å². The number of nitrogens with zero attached hydrogens (tertiary/aromatic N) is 1. The quantitative estimate of drug-likeness (QED) is 0.308. The number of amides is 1. The van der Waals surface area contributed by atoms with Crippen LogP contribution in [-0.2, 0) is 22.2 Å². The Morgan fingerprint density at radius 1 is 0.949 bits per heavy atom. The van der Waals surface area contributed by atoms with Crippen LogP contribution < -0.4 is 14.8 Å². The van der Waals surface area contributed by atoms with E-state index >= 15 is 0 Å². The number of methoxy groups -OCH3 is 1. The van der Waals surface area contributed by atoms with E-state index in [4.69, 9.17) is 9.47 Å². The van der Waals surface area contributed by atoms with Gasteiger partial charge in [0, 0.05) is 13.1 Å². The molecule has 0 aliphatic carbocycles. The van der Waals surface area contributed by atoms with E-state index in [-0.39, 0.29) is 25.0 Å². The normalized spacial score (nSPS) is 13.6. The number of aliphatic hydroxyl groups is 1. The van der Waals surface area contributed by atoms with Crippen LogP contribution in [0.5, 0.6) is 11.5 Å². The van der Waals surface area contributed by atoms with Gasteiger partial charge in [0.2, 0.25) is 0 Å². The molecular weight excluding hydrogens is 512 g/mol. The molecular formula is C31H40N2O5S. The number of carbonyl (C=O) groups excluding carboxylic acids is 1. The molecule has 0 aliphatic heterocycles. The van der Waals surface area contributed by atoms with Crippen LogP contribution in [0.2, 0.25) is 0 Å². The minimum absolute atomic E-state index is 0.117. The summed E-state index contributed by atoms with van der Waals surface area (Å²) >= 11 is 0. The fourth-order valence-corrected chi connectivity index (χ4v) is 5.75. The Morgan fingerprint density at radius 3 is 2.18 bits per heavy atom. The average molecular weight is 553 g/mol. The van der Waals surface area contributed by atoms with Crippen molar-refractivity contribution in [3.8, 4) is 11.5 Å². The lowest BCUT2D eigenvalue weighted by atomic mass is 10.0. The van der Waals surface area contributed by atoms with Gasteiger partial charge in [0.15, 0.2) is 6.61 Å². The number of aryl methyl sites for hydroxylation is 2. The Morgan fingerprint density at radius 2 is 1.59 bits per heavy atom. The molecule has 0 saturated carbocycles. The number of benzene rings is 3. The van der Waals surface area contributed by atoms with Crippen molar-refractivity contribution >= 4 is 16.9 Å². The van der Waals surface area contributed by atoms with E-state index < -0.39 is 23.1 Å². The summed E-state index contributed by atoms with van der Waals surface area (Å²) in [4.78, 5) is 13.6. The molecule has 3 atom stereocenters. The number of para-hydroxylation sites is 1. The van der Waals surface area contributed by atoms with Gasteiger partial charge in [0.25, 0.3) is 5.91 Å². The molecule has 0 fully saturated rings. The minimum Gasteiger partial charge on any atom is -0.497 e. The molecule has 1 unspecified atom stereocenters. The summed E-state index contributed by atoms with van der Waals surface area (Å²) in [7, 11) is 0.0836. The van der Waals surface area contributed by atoms with Crippen molar-refractivity contribution < 1.29 is 23.6 Å². The molecule has 0 bridgehead atoms. The molecule has 0 aliphatic rings. The number of hydrogen-bond acceptors (Lipinski definition) is 5. The van der Waals surface area contributed by atoms with Crippen LogP contribution in [0.15, 0.2) is 77.7 Å². The standard InChI is InChI=1S/C31H40N2O5S/c1-22(2)19-33(39(36)27-16-14-26(37-5)15-17-27)20-29(34)28(18-25-12-7-6-8-13-25)32-30(35)21-38-31-23(3)10-9-11-24(31)4/h6-17,22,28-29,34H,18-21H2,1-5H3,(H,32,35)/t28-,29+,39?/m0/s1. The maximum Gasteiger partial charge on any atom is 0.258 e. The molecule has 0 radical (unpaired) electrons. The predicted molar refractivity (Wildman–Crippen MR) is 155 cm³/mol. The highest BCUT2D eigenvalue weighted by molar-refractivity contribution is 7.82. The van der Waals surface area contributed by atoms with E-state index in [0.29, 0.717) is 29.4 Å². The van der Waals surface area contributed by atoms with Gasteiger partial charge >= 0.3 is 0 Å². The van der Waals surface area contributed by atoms with Crippen LogP contribution in [-0.4, -0.2) is 58.5 Å². The molecule has 8 heteroatoms. The predicted octanol–water partition coefficient (Wildman–Crippen LogP) is 4.46. The van der Waals surface area contributed by atoms with Gasteiger partial charge in [0.05, 0.1) is 24.2 Å². The van der Waals surface area contributed by atoms with Crippen molar-refractivity contribution in [3.05, 3.63) is 89.5 Å². The van der Waals surface area contributed by atoms with Gasteiger partial charge in [-0.1, -0.05) is 62.4 Å². The summed E-state index contributed by atoms with van der Waals surface area (Å²) in [6.07, 6.45) is -0.558. The highest BCUT2D eigenvalue weighted by Gasteiger charge is 2.27. The second-order valence-electron chi connectivity index (χ2n) is 10.1. The smallest absolute Gasteiger partial charge is 0.258 e. The van der Waals surface area contributed by atoms with Crippen molar-refractivity contribution in [3.63, 3.8) is 0 Å². The lowest BCUT2D eigenvalue weighted by Gasteiger charge is -2.30. The molecule has 0 saturated heterocycles. The van der Waals surface area contributed by atoms with Crippen molar-refractivity contribution in [1.82, 2.24) is 9.62 Å². The summed E-state index contributed by atoms with van der Waals surface area (Å²) in [5, 5.41) is 14.4. The van der Waals surface area contributed by atoms with Crippen LogP contribution in [0.1, 0.15) is 30.5 Å². The number of hydrogen-bond donors (Lipinski definition) is 2. The lowest BCUT2D eigenvalue weighted by Crippen LogP contribution is -2.51. The summed E-state index contributed by atoms with van der Waals surface area (Å²) < 4.78 is 26.3. The average Bonchev–Trinajstić information content (AvgIpc) is 2.92. The van der Waals surface area contributed by atoms with Gasteiger partial charge in [-0.2, -0.15) is 0 Å². The highest BCUT2D eigenvalue weighted by Crippen LogP contribution is 2.22. The van der Waals surface area contributed by atoms with Gasteiger partial charge in [-0.25, -0.2) is 8.51 Å². The lowest BCUT2D eigenvalue weighted by molar-refractivity contribution is -0.124. The van der Waals surface area contributed by atoms with Gasteiger partial charge in [-0.05, 0) is 67.1 Å². The zero-order valence-corrected chi connectivity index (χ0v) is 24.2. The van der Waals surface area contributed by atoms with Gasteiger partial charge < -0.3 is 19.9 Å². The molecule has 1 amide bonds. The third-order valence-electron chi connectivity index (χ3n) is 6.32. The molecule has 3 aromatic carbocycles. The Bertz CT molecular complexity index is 1200. The topological polar surface area (TPSA) is 88.1 Å². The fourth-order valence-electron chi connectivity index (χ4n) is 4.36. The largest absolute Gasteiger partial charge is 0.497 e. The summed E-state index contributed by atoms with van der Waals surface area (Å²) in [6.45, 7) is 8.42. The molecule has 3 rings (SSSR count). The van der Waals surface area contributed by atoms with Crippen LogP contribution in [0, 0.1) is 19.8 Å². The number of nitrogens with one attached hydrogen (secondary N) is 1. The Hall–Kier alpha value is -3.20. The van der Waals surface area contributed by atoms with E-state index in [0.717, 1.165) is 16.7 Å². The molecule has 3 aromatic rings. The first-order valence-corrected chi connectivity index (χ1v) is 14.3. The zero-order valence-electron chi connectivity index (χ0n) is 23.4. The number of aliphatic hydroxyl groups excluding tert-OH is 1. The van der Waals surface area contributed by atoms with Crippen LogP contribution in [0.4, 0.5) is 0 Å². The zero-order chi connectivity index (χ0) is 28.4. The number of rotatable bonds is 14. The molecule has 2 N–H and O–H groups in total. The van der Waals surface area contributed by atoms with E-state index in [9.17, 15) is 14.1 Å². The van der Waals surface area contributed by atoms with E-state index in [1.807, 2.05) is 76.2 Å². The van der Waals surface area contributed by atoms with E-state index in [2.05, 4.69) is 5.32 Å². The molecule has 0 spiro atoms. The molecule has 0 heterocycles. The molecule has 0 aromatic heterocycles. The van der Waals surface area contributed by atoms with E-state index in [1.165, 1.54) is 0 Å². The van der Waals surface area contributed by atoms with Gasteiger partial charge in [-0.3, -0.25) is 4.79 Å². The Kier molecular flexibility index (Phi) is 11.5. The Balaban J connectivity index is 1.76. The Labute approximate surface area is 234 Å². The third-order valence-corrected chi connectivity index (χ3v) is 7.76.